The number of carbonyl (C=O) groups excluding carboxylic acids is 2. The average molecular weight is 709 g/mol. The number of nitrogens with one attached hydrogen (secondary N) is 1. The molecule has 3 atom stereocenters. The van der Waals surface area contributed by atoms with Gasteiger partial charge in [0.25, 0.3) is 0 Å². The van der Waals surface area contributed by atoms with E-state index in [0.29, 0.717) is 56.4 Å². The first kappa shape index (κ1) is 34.5. The second-order valence-electron chi connectivity index (χ2n) is 12.1. The Bertz CT molecular complexity index is 1780. The molecule has 3 aliphatic heterocycles. The fourth-order valence-electron chi connectivity index (χ4n) is 6.39. The summed E-state index contributed by atoms with van der Waals surface area (Å²) in [4.78, 5) is 33.8. The van der Waals surface area contributed by atoms with Crippen LogP contribution in [0.3, 0.4) is 0 Å². The number of ether oxygens (including phenoxy) is 4. The number of rotatable bonds is 12. The molecule has 3 saturated heterocycles. The highest BCUT2D eigenvalue weighted by atomic mass is 35.5. The number of benzene rings is 3. The Kier molecular flexibility index (Phi) is 10.9. The third-order valence-electron chi connectivity index (χ3n) is 9.08. The highest BCUT2D eigenvalue weighted by molar-refractivity contribution is 6.35. The van der Waals surface area contributed by atoms with Crippen LogP contribution in [-0.4, -0.2) is 61.8 Å². The van der Waals surface area contributed by atoms with Crippen LogP contribution < -0.4 is 14.8 Å². The van der Waals surface area contributed by atoms with Crippen molar-refractivity contribution in [2.75, 3.05) is 39.2 Å². The molecule has 12 heteroatoms. The predicted octanol–water partition coefficient (Wildman–Crippen LogP) is 7.48. The third-order valence-corrected chi connectivity index (χ3v) is 9.73. The molecular formula is C37H36Cl2FN3O6. The van der Waals surface area contributed by atoms with E-state index in [4.69, 9.17) is 42.1 Å². The number of anilines is 1. The van der Waals surface area contributed by atoms with Crippen LogP contribution in [0.2, 0.25) is 10.0 Å². The number of carbonyl (C=O) groups is 2. The standard InChI is InChI=1S/C37H36Cl2FN3O6/c1-46-31-11-8-24(17-33(31)47-2)32(18-28-29(38)19-41-20-30(28)39)48-36(44)25-4-3-5-27(16-25)42-35(23-6-9-26(40)10-7-23)37(45)49-34-21-43-14-12-22(34)13-15-43/h3-11,16-17,19-20,22,32,34-35,42H,12-15,18,21H2,1-2H3/t32?,34-,35?/m0/s1. The summed E-state index contributed by atoms with van der Waals surface area (Å²) in [6, 6.07) is 16.6. The van der Waals surface area contributed by atoms with E-state index in [9.17, 15) is 14.0 Å². The summed E-state index contributed by atoms with van der Waals surface area (Å²) in [7, 11) is 3.05. The molecular weight excluding hydrogens is 672 g/mol. The van der Waals surface area contributed by atoms with Crippen LogP contribution >= 0.6 is 23.2 Å². The van der Waals surface area contributed by atoms with Gasteiger partial charge < -0.3 is 24.3 Å². The Balaban J connectivity index is 1.25. The molecule has 3 aromatic carbocycles. The largest absolute Gasteiger partial charge is 0.493 e. The van der Waals surface area contributed by atoms with E-state index in [-0.39, 0.29) is 18.1 Å². The van der Waals surface area contributed by atoms with Crippen molar-refractivity contribution in [3.63, 3.8) is 0 Å². The molecule has 2 unspecified atom stereocenters. The maximum atomic E-state index is 13.9. The maximum absolute atomic E-state index is 13.9. The second kappa shape index (κ2) is 15.4. The lowest BCUT2D eigenvalue weighted by Crippen LogP contribution is -2.52. The summed E-state index contributed by atoms with van der Waals surface area (Å²) >= 11 is 12.9. The van der Waals surface area contributed by atoms with Crippen molar-refractivity contribution in [3.05, 3.63) is 117 Å². The van der Waals surface area contributed by atoms with Crippen molar-refractivity contribution < 1.29 is 32.9 Å². The highest BCUT2D eigenvalue weighted by Gasteiger charge is 2.38. The number of piperidine rings is 3. The highest BCUT2D eigenvalue weighted by Crippen LogP contribution is 2.36. The maximum Gasteiger partial charge on any atom is 0.338 e. The summed E-state index contributed by atoms with van der Waals surface area (Å²) in [5, 5.41) is 3.88. The Hall–Kier alpha value is -4.38. The summed E-state index contributed by atoms with van der Waals surface area (Å²) < 4.78 is 36.9. The molecule has 1 N–H and O–H groups in total. The van der Waals surface area contributed by atoms with Crippen LogP contribution in [0, 0.1) is 11.7 Å². The fourth-order valence-corrected chi connectivity index (χ4v) is 6.91. The topological polar surface area (TPSA) is 99.2 Å². The first-order valence-electron chi connectivity index (χ1n) is 16.0. The van der Waals surface area contributed by atoms with Crippen LogP contribution in [0.4, 0.5) is 10.1 Å². The number of hydrogen-bond donors (Lipinski definition) is 1. The molecule has 3 aliphatic rings. The van der Waals surface area contributed by atoms with E-state index < -0.39 is 29.9 Å². The number of methoxy groups -OCH3 is 2. The number of pyridine rings is 1. The molecule has 4 aromatic rings. The first-order valence-corrected chi connectivity index (χ1v) is 16.7. The summed E-state index contributed by atoms with van der Waals surface area (Å²) in [6.45, 7) is 2.72. The Labute approximate surface area is 294 Å². The molecule has 0 aliphatic carbocycles. The summed E-state index contributed by atoms with van der Waals surface area (Å²) in [5.74, 6) is -0.238. The van der Waals surface area contributed by atoms with Crippen LogP contribution in [0.1, 0.15) is 52.0 Å². The van der Waals surface area contributed by atoms with Crippen LogP contribution in [0.25, 0.3) is 0 Å². The molecule has 2 bridgehead atoms. The van der Waals surface area contributed by atoms with Crippen molar-refractivity contribution in [1.29, 1.82) is 0 Å². The zero-order valence-corrected chi connectivity index (χ0v) is 28.5. The number of fused-ring (bicyclic) bond motifs is 3. The molecule has 4 heterocycles. The van der Waals surface area contributed by atoms with E-state index in [2.05, 4.69) is 15.2 Å². The van der Waals surface area contributed by atoms with Crippen LogP contribution in [0.15, 0.2) is 79.1 Å². The van der Waals surface area contributed by atoms with Crippen molar-refractivity contribution in [2.24, 2.45) is 5.92 Å². The second-order valence-corrected chi connectivity index (χ2v) is 12.9. The predicted molar refractivity (Wildman–Crippen MR) is 184 cm³/mol. The molecule has 0 spiro atoms. The van der Waals surface area contributed by atoms with Gasteiger partial charge in [-0.3, -0.25) is 9.88 Å². The Morgan fingerprint density at radius 2 is 1.63 bits per heavy atom. The van der Waals surface area contributed by atoms with Gasteiger partial charge in [-0.2, -0.15) is 0 Å². The molecule has 0 amide bonds. The van der Waals surface area contributed by atoms with Gasteiger partial charge in [0, 0.05) is 31.0 Å². The third kappa shape index (κ3) is 8.09. The van der Waals surface area contributed by atoms with Gasteiger partial charge in [-0.25, -0.2) is 14.0 Å². The number of aromatic nitrogens is 1. The Morgan fingerprint density at radius 1 is 0.939 bits per heavy atom. The van der Waals surface area contributed by atoms with Gasteiger partial charge in [-0.15, -0.1) is 0 Å². The van der Waals surface area contributed by atoms with Gasteiger partial charge >= 0.3 is 11.9 Å². The normalized spacial score (nSPS) is 19.4. The number of halogens is 3. The van der Waals surface area contributed by atoms with Crippen molar-refractivity contribution in [1.82, 2.24) is 9.88 Å². The zero-order chi connectivity index (χ0) is 34.5. The van der Waals surface area contributed by atoms with Crippen molar-refractivity contribution >= 4 is 40.8 Å². The quantitative estimate of drug-likeness (QED) is 0.150. The number of esters is 2. The monoisotopic (exact) mass is 707 g/mol. The lowest BCUT2D eigenvalue weighted by molar-refractivity contribution is -0.159. The van der Waals surface area contributed by atoms with Gasteiger partial charge in [0.15, 0.2) is 17.5 Å². The molecule has 49 heavy (non-hydrogen) atoms. The molecule has 9 nitrogen and oxygen atoms in total. The van der Waals surface area contributed by atoms with Crippen molar-refractivity contribution in [3.8, 4) is 11.5 Å². The molecule has 3 fully saturated rings. The van der Waals surface area contributed by atoms with E-state index in [0.717, 1.165) is 25.9 Å². The zero-order valence-electron chi connectivity index (χ0n) is 27.0. The molecule has 0 radical (unpaired) electrons. The molecule has 256 valence electrons. The minimum atomic E-state index is -0.946. The average Bonchev–Trinajstić information content (AvgIpc) is 3.12. The van der Waals surface area contributed by atoms with Crippen LogP contribution in [0.5, 0.6) is 11.5 Å². The van der Waals surface area contributed by atoms with Gasteiger partial charge in [0.1, 0.15) is 18.0 Å². The summed E-state index contributed by atoms with van der Waals surface area (Å²) in [6.07, 6.45) is 4.04. The lowest BCUT2D eigenvalue weighted by Gasteiger charge is -2.44. The van der Waals surface area contributed by atoms with E-state index in [1.807, 2.05) is 0 Å². The molecule has 7 rings (SSSR count). The van der Waals surface area contributed by atoms with Gasteiger partial charge in [-0.05, 0) is 91.0 Å². The van der Waals surface area contributed by atoms with E-state index in [1.165, 1.54) is 38.7 Å². The smallest absolute Gasteiger partial charge is 0.338 e. The lowest BCUT2D eigenvalue weighted by atomic mass is 9.86. The SMILES string of the molecule is COc1ccc(C(Cc2c(Cl)cncc2Cl)OC(=O)c2cccc(NC(C(=O)O[C@H]3CN4CCC3CC4)c3ccc(F)cc3)c2)cc1OC. The molecule has 1 aromatic heterocycles. The van der Waals surface area contributed by atoms with E-state index in [1.54, 1.807) is 54.6 Å². The molecule has 0 saturated carbocycles. The fraction of sp³-hybridized carbons (Fsp3) is 0.324. The first-order chi connectivity index (χ1) is 23.7. The minimum Gasteiger partial charge on any atom is -0.493 e. The van der Waals surface area contributed by atoms with Crippen molar-refractivity contribution in [2.45, 2.75) is 37.5 Å². The van der Waals surface area contributed by atoms with Gasteiger partial charge in [0.05, 0.1) is 29.8 Å². The van der Waals surface area contributed by atoms with Crippen LogP contribution in [-0.2, 0) is 20.7 Å². The Morgan fingerprint density at radius 3 is 2.29 bits per heavy atom. The number of hydrogen-bond acceptors (Lipinski definition) is 9. The minimum absolute atomic E-state index is 0.150. The van der Waals surface area contributed by atoms with Gasteiger partial charge in [0.2, 0.25) is 0 Å². The van der Waals surface area contributed by atoms with Gasteiger partial charge in [-0.1, -0.05) is 47.5 Å². The number of nitrogens with zero attached hydrogens (tertiary/aromatic N) is 2. The summed E-state index contributed by atoms with van der Waals surface area (Å²) in [5.41, 5.74) is 2.41. The van der Waals surface area contributed by atoms with E-state index >= 15 is 0 Å².